The van der Waals surface area contributed by atoms with Gasteiger partial charge in [0.15, 0.2) is 6.23 Å². The van der Waals surface area contributed by atoms with Crippen LogP contribution < -0.4 is 11.0 Å². The van der Waals surface area contributed by atoms with E-state index in [1.807, 2.05) is 33.8 Å². The summed E-state index contributed by atoms with van der Waals surface area (Å²) in [5, 5.41) is 2.70. The quantitative estimate of drug-likeness (QED) is 0.249. The van der Waals surface area contributed by atoms with Gasteiger partial charge in [-0.2, -0.15) is 4.98 Å². The van der Waals surface area contributed by atoms with E-state index in [1.165, 1.54) is 4.57 Å². The van der Waals surface area contributed by atoms with E-state index in [1.54, 1.807) is 37.4 Å². The van der Waals surface area contributed by atoms with E-state index in [0.29, 0.717) is 11.1 Å². The molecule has 5 atom stereocenters. The minimum atomic E-state index is -1.62. The number of amides is 1. The molecule has 3 heterocycles. The van der Waals surface area contributed by atoms with Crippen molar-refractivity contribution in [2.24, 2.45) is 0 Å². The molecular formula is C27H36N5O6P. The summed E-state index contributed by atoms with van der Waals surface area (Å²) in [6.45, 7) is 17.4. The lowest BCUT2D eigenvalue weighted by Crippen LogP contribution is -2.40. The Kier molecular flexibility index (Phi) is 8.72. The predicted octanol–water partition coefficient (Wildman–Crippen LogP) is 4.16. The normalized spacial score (nSPS) is 25.2. The van der Waals surface area contributed by atoms with Crippen molar-refractivity contribution in [3.05, 3.63) is 69.6 Å². The highest BCUT2D eigenvalue weighted by Crippen LogP contribution is 2.54. The lowest BCUT2D eigenvalue weighted by Gasteiger charge is -2.37. The van der Waals surface area contributed by atoms with E-state index in [9.17, 15) is 9.59 Å². The largest absolute Gasteiger partial charge is 0.368 e. The topological polar surface area (TPSA) is 109 Å². The van der Waals surface area contributed by atoms with Crippen molar-refractivity contribution in [1.82, 2.24) is 14.2 Å². The molecule has 0 saturated carbocycles. The van der Waals surface area contributed by atoms with Crippen molar-refractivity contribution in [1.29, 1.82) is 0 Å². The second-order valence-corrected chi connectivity index (χ2v) is 11.6. The number of rotatable bonds is 11. The molecule has 1 aromatic heterocycles. The average Bonchev–Trinajstić information content (AvgIpc) is 3.42. The maximum atomic E-state index is 13.2. The molecule has 4 rings (SSSR count). The number of anilines is 1. The summed E-state index contributed by atoms with van der Waals surface area (Å²) in [4.78, 5) is 33.3. The molecule has 2 aliphatic rings. The molecule has 0 spiro atoms. The van der Waals surface area contributed by atoms with Crippen molar-refractivity contribution in [3.8, 4) is 0 Å². The Balaban J connectivity index is 1.59. The summed E-state index contributed by atoms with van der Waals surface area (Å²) in [7, 11) is -1.62. The summed E-state index contributed by atoms with van der Waals surface area (Å²) in [5.74, 6) is -0.218. The fraction of sp³-hybridized carbons (Fsp3) is 0.556. The number of nitrogens with zero attached hydrogens (tertiary/aromatic N) is 4. The zero-order chi connectivity index (χ0) is 29.0. The monoisotopic (exact) mass is 558 g/mol. The molecule has 1 amide bonds. The van der Waals surface area contributed by atoms with Gasteiger partial charge in [-0.25, -0.2) is 16.0 Å². The molecule has 12 heteroatoms. The van der Waals surface area contributed by atoms with E-state index in [2.05, 4.69) is 19.8 Å². The number of benzene rings is 1. The molecule has 2 aromatic rings. The average molecular weight is 559 g/mol. The first-order valence-electron chi connectivity index (χ1n) is 13.6. The molecule has 0 radical (unpaired) electrons. The van der Waals surface area contributed by atoms with Crippen LogP contribution in [0.3, 0.4) is 0 Å². The summed E-state index contributed by atoms with van der Waals surface area (Å²) in [6, 6.07) is 8.85. The van der Waals surface area contributed by atoms with Crippen LogP contribution in [-0.2, 0) is 18.5 Å². The molecule has 0 aliphatic carbocycles. The number of nitrogens with one attached hydrogen (secondary N) is 1. The summed E-state index contributed by atoms with van der Waals surface area (Å²) >= 11 is 0. The highest BCUT2D eigenvalue weighted by atomic mass is 31.2. The van der Waals surface area contributed by atoms with Gasteiger partial charge in [-0.1, -0.05) is 18.2 Å². The maximum absolute atomic E-state index is 13.2. The van der Waals surface area contributed by atoms with Gasteiger partial charge in [-0.3, -0.25) is 9.36 Å². The van der Waals surface area contributed by atoms with E-state index in [0.717, 1.165) is 0 Å². The van der Waals surface area contributed by atoms with Crippen LogP contribution in [0.15, 0.2) is 41.3 Å². The molecule has 11 nitrogen and oxygen atoms in total. The molecular weight excluding hydrogens is 521 g/mol. The third kappa shape index (κ3) is 6.22. The van der Waals surface area contributed by atoms with Crippen LogP contribution >= 0.6 is 8.53 Å². The Morgan fingerprint density at radius 3 is 2.72 bits per heavy atom. The number of aromatic nitrogens is 2. The van der Waals surface area contributed by atoms with Gasteiger partial charge in [0.05, 0.1) is 6.61 Å². The van der Waals surface area contributed by atoms with Crippen molar-refractivity contribution in [2.75, 3.05) is 25.1 Å². The highest BCUT2D eigenvalue weighted by Gasteiger charge is 2.62. The molecule has 1 N–H and O–H groups in total. The first-order valence-corrected chi connectivity index (χ1v) is 14.0. The number of carbonyl (C=O) groups is 1. The van der Waals surface area contributed by atoms with Crippen LogP contribution in [0.2, 0.25) is 0 Å². The Morgan fingerprint density at radius 1 is 1.36 bits per heavy atom. The molecule has 2 unspecified atom stereocenters. The Morgan fingerprint density at radius 2 is 2.08 bits per heavy atom. The third-order valence-corrected chi connectivity index (χ3v) is 8.62. The minimum absolute atomic E-state index is 0.0933. The van der Waals surface area contributed by atoms with Gasteiger partial charge in [0.1, 0.15) is 30.2 Å². The second-order valence-electron chi connectivity index (χ2n) is 10.2. The van der Waals surface area contributed by atoms with Gasteiger partial charge >= 0.3 is 5.69 Å². The standard InChI is InChI=1S/C27H36N5O6P/c1-17(2)32(18(3)4)39(36-14-13-28-7)38-22-21-25(37-27(22,6)16-35-21)31-15-19(5)23(30-26(31)34)29-24(33)20-11-9-8-10-12-20/h8-12,15,17-18,21-22,25H,13-14,16H2,1-6H3,(H,29,30,33,34)/t21?,22-,25-,27+,39?/m1/s1/i6D. The van der Waals surface area contributed by atoms with Crippen molar-refractivity contribution in [3.63, 3.8) is 0 Å². The van der Waals surface area contributed by atoms with Crippen molar-refractivity contribution < 1.29 is 24.7 Å². The third-order valence-electron chi connectivity index (χ3n) is 6.51. The molecule has 2 aliphatic heterocycles. The summed E-state index contributed by atoms with van der Waals surface area (Å²) in [5.41, 5.74) is -0.729. The number of carbonyl (C=O) groups excluding carboxylic acids is 1. The van der Waals surface area contributed by atoms with E-state index >= 15 is 0 Å². The lowest BCUT2D eigenvalue weighted by atomic mass is 10.0. The van der Waals surface area contributed by atoms with Crippen LogP contribution in [0, 0.1) is 13.5 Å². The number of hydrogen-bond acceptors (Lipinski definition) is 8. The minimum Gasteiger partial charge on any atom is -0.368 e. The van der Waals surface area contributed by atoms with Gasteiger partial charge < -0.3 is 28.7 Å². The van der Waals surface area contributed by atoms with Gasteiger partial charge in [0.2, 0.25) is 6.54 Å². The number of hydrogen-bond donors (Lipinski definition) is 1. The van der Waals surface area contributed by atoms with E-state index in [-0.39, 0.29) is 50.5 Å². The SMILES string of the molecule is [2H]C[C@@]12COC([C@H](n3cc(C)c(NC(=O)c4ccccc4)nc3=O)O1)[C@H]2OP(OCC[N+]#[C-])N(C(C)C)C(C)C. The van der Waals surface area contributed by atoms with Crippen molar-refractivity contribution >= 4 is 20.3 Å². The highest BCUT2D eigenvalue weighted by molar-refractivity contribution is 7.44. The predicted molar refractivity (Wildman–Crippen MR) is 147 cm³/mol. The lowest BCUT2D eigenvalue weighted by molar-refractivity contribution is -0.167. The second kappa shape index (κ2) is 12.2. The number of aryl methyl sites for hydroxylation is 1. The fourth-order valence-electron chi connectivity index (χ4n) is 4.75. The Bertz CT molecular complexity index is 1280. The Hall–Kier alpha value is -2.71. The smallest absolute Gasteiger partial charge is 0.351 e. The van der Waals surface area contributed by atoms with Crippen molar-refractivity contribution in [2.45, 2.75) is 77.6 Å². The first kappa shape index (κ1) is 27.8. The van der Waals surface area contributed by atoms with Gasteiger partial charge in [-0.05, 0) is 53.7 Å². The molecule has 39 heavy (non-hydrogen) atoms. The molecule has 2 fully saturated rings. The van der Waals surface area contributed by atoms with Gasteiger partial charge in [0.25, 0.3) is 14.4 Å². The zero-order valence-electron chi connectivity index (χ0n) is 23.9. The zero-order valence-corrected chi connectivity index (χ0v) is 23.8. The van der Waals surface area contributed by atoms with Crippen LogP contribution in [-0.4, -0.2) is 69.8 Å². The Labute approximate surface area is 231 Å². The first-order chi connectivity index (χ1) is 19.1. The maximum Gasteiger partial charge on any atom is 0.351 e. The van der Waals surface area contributed by atoms with Crippen LogP contribution in [0.25, 0.3) is 4.85 Å². The van der Waals surface area contributed by atoms with Gasteiger partial charge in [0, 0.05) is 30.8 Å². The van der Waals surface area contributed by atoms with E-state index in [4.69, 9.17) is 26.5 Å². The number of ether oxygens (including phenoxy) is 2. The van der Waals surface area contributed by atoms with Gasteiger partial charge in [-0.15, -0.1) is 0 Å². The van der Waals surface area contributed by atoms with Crippen LogP contribution in [0.1, 0.15) is 58.1 Å². The fourth-order valence-corrected chi connectivity index (χ4v) is 6.55. The van der Waals surface area contributed by atoms with Crippen LogP contribution in [0.4, 0.5) is 5.82 Å². The van der Waals surface area contributed by atoms with E-state index < -0.39 is 38.3 Å². The molecule has 2 bridgehead atoms. The molecule has 210 valence electrons. The van der Waals surface area contributed by atoms with Crippen LogP contribution in [0.5, 0.6) is 0 Å². The summed E-state index contributed by atoms with van der Waals surface area (Å²) in [6.07, 6.45) is -0.681. The molecule has 1 aromatic carbocycles. The number of fused-ring (bicyclic) bond motifs is 2. The molecule has 2 saturated heterocycles. The summed E-state index contributed by atoms with van der Waals surface area (Å²) < 4.78 is 36.8.